The largest absolute Gasteiger partial charge is 0.336 e. The quantitative estimate of drug-likeness (QED) is 0.833. The van der Waals surface area contributed by atoms with Crippen LogP contribution in [0.25, 0.3) is 0 Å². The van der Waals surface area contributed by atoms with Crippen molar-refractivity contribution >= 4 is 6.03 Å². The standard InChI is InChI=1S/C15H29N5O/c1-7-12(2)10-19(5)15(21)16-9-14(18(3)4)13-8-17-20(6)11-13/h8,11-12,14H,7,9-10H2,1-6H3,(H,16,21)/t12-,14+/m0/s1. The summed E-state index contributed by atoms with van der Waals surface area (Å²) in [5.41, 5.74) is 1.10. The van der Waals surface area contributed by atoms with E-state index in [1.807, 2.05) is 40.6 Å². The van der Waals surface area contributed by atoms with E-state index < -0.39 is 0 Å². The normalized spacial score (nSPS) is 14.0. The summed E-state index contributed by atoms with van der Waals surface area (Å²) in [6, 6.07) is 0.102. The minimum Gasteiger partial charge on any atom is -0.336 e. The second-order valence-corrected chi connectivity index (χ2v) is 6.01. The number of hydrogen-bond acceptors (Lipinski definition) is 3. The fourth-order valence-electron chi connectivity index (χ4n) is 2.21. The van der Waals surface area contributed by atoms with Crippen molar-refractivity contribution in [3.8, 4) is 0 Å². The Morgan fingerprint density at radius 2 is 2.10 bits per heavy atom. The molecule has 0 bridgehead atoms. The number of amides is 2. The number of carbonyl (C=O) groups excluding carboxylic acids is 1. The SMILES string of the molecule is CC[C@H](C)CN(C)C(=O)NC[C@H](c1cnn(C)c1)N(C)C. The highest BCUT2D eigenvalue weighted by atomic mass is 16.2. The second-order valence-electron chi connectivity index (χ2n) is 6.01. The number of nitrogens with one attached hydrogen (secondary N) is 1. The van der Waals surface area contributed by atoms with Gasteiger partial charge in [-0.3, -0.25) is 4.68 Å². The molecule has 2 atom stereocenters. The summed E-state index contributed by atoms with van der Waals surface area (Å²) in [6.07, 6.45) is 4.91. The molecule has 0 fully saturated rings. The number of aryl methyl sites for hydroxylation is 1. The minimum absolute atomic E-state index is 0.0222. The molecule has 0 radical (unpaired) electrons. The molecule has 21 heavy (non-hydrogen) atoms. The summed E-state index contributed by atoms with van der Waals surface area (Å²) in [4.78, 5) is 16.0. The van der Waals surface area contributed by atoms with Crippen LogP contribution < -0.4 is 5.32 Å². The van der Waals surface area contributed by atoms with Crippen LogP contribution in [0.1, 0.15) is 31.9 Å². The molecule has 0 aliphatic heterocycles. The lowest BCUT2D eigenvalue weighted by atomic mass is 10.1. The monoisotopic (exact) mass is 295 g/mol. The Morgan fingerprint density at radius 3 is 2.57 bits per heavy atom. The molecule has 6 heteroatoms. The second kappa shape index (κ2) is 8.02. The zero-order valence-electron chi connectivity index (χ0n) is 14.1. The molecule has 1 aromatic heterocycles. The highest BCUT2D eigenvalue weighted by Gasteiger charge is 2.18. The number of urea groups is 1. The van der Waals surface area contributed by atoms with E-state index in [1.165, 1.54) is 0 Å². The lowest BCUT2D eigenvalue weighted by Gasteiger charge is -2.26. The van der Waals surface area contributed by atoms with E-state index in [9.17, 15) is 4.79 Å². The molecule has 1 rings (SSSR count). The lowest BCUT2D eigenvalue weighted by molar-refractivity contribution is 0.195. The number of hydrogen-bond donors (Lipinski definition) is 1. The van der Waals surface area contributed by atoms with Crippen molar-refractivity contribution in [1.29, 1.82) is 0 Å². The summed E-state index contributed by atoms with van der Waals surface area (Å²) in [5.74, 6) is 0.517. The molecule has 0 spiro atoms. The topological polar surface area (TPSA) is 53.4 Å². The van der Waals surface area contributed by atoms with Gasteiger partial charge >= 0.3 is 6.03 Å². The molecule has 2 amide bonds. The molecular formula is C15H29N5O. The highest BCUT2D eigenvalue weighted by molar-refractivity contribution is 5.73. The number of aromatic nitrogens is 2. The van der Waals surface area contributed by atoms with Crippen LogP contribution >= 0.6 is 0 Å². The zero-order chi connectivity index (χ0) is 16.0. The van der Waals surface area contributed by atoms with E-state index in [2.05, 4.69) is 29.2 Å². The van der Waals surface area contributed by atoms with E-state index >= 15 is 0 Å². The van der Waals surface area contributed by atoms with E-state index in [0.717, 1.165) is 18.5 Å². The van der Waals surface area contributed by atoms with Crippen LogP contribution in [-0.2, 0) is 7.05 Å². The van der Waals surface area contributed by atoms with Crippen molar-refractivity contribution in [2.45, 2.75) is 26.3 Å². The molecule has 1 N–H and O–H groups in total. The maximum absolute atomic E-state index is 12.1. The molecule has 0 saturated carbocycles. The van der Waals surface area contributed by atoms with Crippen molar-refractivity contribution in [3.63, 3.8) is 0 Å². The summed E-state index contributed by atoms with van der Waals surface area (Å²) in [5, 5.41) is 7.21. The highest BCUT2D eigenvalue weighted by Crippen LogP contribution is 2.16. The van der Waals surface area contributed by atoms with Crippen LogP contribution in [0.15, 0.2) is 12.4 Å². The number of likely N-dealkylation sites (N-methyl/N-ethyl adjacent to an activating group) is 1. The van der Waals surface area contributed by atoms with Gasteiger partial charge in [-0.25, -0.2) is 4.79 Å². The number of rotatable bonds is 7. The van der Waals surface area contributed by atoms with E-state index in [4.69, 9.17) is 0 Å². The molecule has 0 aromatic carbocycles. The average Bonchev–Trinajstić information content (AvgIpc) is 2.84. The summed E-state index contributed by atoms with van der Waals surface area (Å²) in [6.45, 7) is 5.65. The molecule has 1 aromatic rings. The van der Waals surface area contributed by atoms with Gasteiger partial charge in [-0.2, -0.15) is 5.10 Å². The molecule has 0 aliphatic carbocycles. The summed E-state index contributed by atoms with van der Waals surface area (Å²) in [7, 11) is 7.75. The van der Waals surface area contributed by atoms with Crippen molar-refractivity contribution in [1.82, 2.24) is 24.9 Å². The van der Waals surface area contributed by atoms with Crippen molar-refractivity contribution in [2.24, 2.45) is 13.0 Å². The Hall–Kier alpha value is -1.56. The van der Waals surface area contributed by atoms with Gasteiger partial charge in [0.05, 0.1) is 12.2 Å². The van der Waals surface area contributed by atoms with Crippen molar-refractivity contribution in [2.75, 3.05) is 34.2 Å². The van der Waals surface area contributed by atoms with E-state index in [0.29, 0.717) is 12.5 Å². The van der Waals surface area contributed by atoms with Gasteiger partial charge in [0, 0.05) is 38.9 Å². The fourth-order valence-corrected chi connectivity index (χ4v) is 2.21. The van der Waals surface area contributed by atoms with Gasteiger partial charge in [0.2, 0.25) is 0 Å². The first-order valence-corrected chi connectivity index (χ1v) is 7.49. The zero-order valence-corrected chi connectivity index (χ0v) is 14.1. The van der Waals surface area contributed by atoms with Crippen LogP contribution in [0, 0.1) is 5.92 Å². The number of carbonyl (C=O) groups is 1. The first-order valence-electron chi connectivity index (χ1n) is 7.49. The van der Waals surface area contributed by atoms with Gasteiger partial charge in [0.15, 0.2) is 0 Å². The third-order valence-electron chi connectivity index (χ3n) is 3.81. The molecular weight excluding hydrogens is 266 g/mol. The Kier molecular flexibility index (Phi) is 6.68. The van der Waals surface area contributed by atoms with Gasteiger partial charge in [0.1, 0.15) is 0 Å². The number of nitrogens with zero attached hydrogens (tertiary/aromatic N) is 4. The molecule has 0 aliphatic rings. The minimum atomic E-state index is -0.0222. The average molecular weight is 295 g/mol. The van der Waals surface area contributed by atoms with Crippen LogP contribution in [0.2, 0.25) is 0 Å². The Morgan fingerprint density at radius 1 is 1.43 bits per heavy atom. The molecule has 1 heterocycles. The maximum Gasteiger partial charge on any atom is 0.317 e. The van der Waals surface area contributed by atoms with Crippen LogP contribution in [0.3, 0.4) is 0 Å². The van der Waals surface area contributed by atoms with Crippen molar-refractivity contribution < 1.29 is 4.79 Å². The van der Waals surface area contributed by atoms with Gasteiger partial charge in [-0.15, -0.1) is 0 Å². The molecule has 120 valence electrons. The first-order chi connectivity index (χ1) is 9.85. The fraction of sp³-hybridized carbons (Fsp3) is 0.733. The predicted octanol–water partition coefficient (Wildman–Crippen LogP) is 1.71. The smallest absolute Gasteiger partial charge is 0.317 e. The van der Waals surface area contributed by atoms with Crippen molar-refractivity contribution in [3.05, 3.63) is 18.0 Å². The van der Waals surface area contributed by atoms with Crippen LogP contribution in [0.4, 0.5) is 4.79 Å². The first kappa shape index (κ1) is 17.5. The summed E-state index contributed by atoms with van der Waals surface area (Å²) < 4.78 is 1.78. The maximum atomic E-state index is 12.1. The van der Waals surface area contributed by atoms with Crippen LogP contribution in [-0.4, -0.2) is 59.8 Å². The predicted molar refractivity (Wildman–Crippen MR) is 85.1 cm³/mol. The summed E-state index contributed by atoms with van der Waals surface area (Å²) >= 11 is 0. The lowest BCUT2D eigenvalue weighted by Crippen LogP contribution is -2.42. The van der Waals surface area contributed by atoms with Gasteiger partial charge in [-0.05, 0) is 20.0 Å². The van der Waals surface area contributed by atoms with Gasteiger partial charge in [0.25, 0.3) is 0 Å². The van der Waals surface area contributed by atoms with E-state index in [1.54, 1.807) is 9.58 Å². The Labute approximate surface area is 128 Å². The van der Waals surface area contributed by atoms with Gasteiger partial charge < -0.3 is 15.1 Å². The third-order valence-corrected chi connectivity index (χ3v) is 3.81. The molecule has 0 saturated heterocycles. The van der Waals surface area contributed by atoms with E-state index in [-0.39, 0.29) is 12.1 Å². The van der Waals surface area contributed by atoms with Gasteiger partial charge in [-0.1, -0.05) is 20.3 Å². The third kappa shape index (κ3) is 5.38. The Bertz CT molecular complexity index is 443. The molecule has 0 unspecified atom stereocenters. The Balaban J connectivity index is 2.56. The van der Waals surface area contributed by atoms with Crippen LogP contribution in [0.5, 0.6) is 0 Å². The molecule has 6 nitrogen and oxygen atoms in total.